The van der Waals surface area contributed by atoms with E-state index in [2.05, 4.69) is 5.32 Å². The summed E-state index contributed by atoms with van der Waals surface area (Å²) in [5, 5.41) is 3.39. The molecule has 0 aliphatic carbocycles. The molecule has 0 bridgehead atoms. The Hall–Kier alpha value is -4.37. The Balaban J connectivity index is 1.41. The number of amides is 3. The molecule has 0 fully saturated rings. The second kappa shape index (κ2) is 10.5. The maximum Gasteiger partial charge on any atom is 0.299 e. The van der Waals surface area contributed by atoms with Gasteiger partial charge in [-0.2, -0.15) is 0 Å². The molecule has 0 saturated heterocycles. The zero-order chi connectivity index (χ0) is 26.8. The molecule has 2 heterocycles. The van der Waals surface area contributed by atoms with Gasteiger partial charge in [0.25, 0.3) is 11.7 Å². The number of halogens is 1. The lowest BCUT2D eigenvalue weighted by Gasteiger charge is -2.32. The van der Waals surface area contributed by atoms with Crippen molar-refractivity contribution >= 4 is 46.5 Å². The van der Waals surface area contributed by atoms with Gasteiger partial charge in [-0.3, -0.25) is 24.1 Å². The average Bonchev–Trinajstić information content (AvgIpc) is 3.48. The van der Waals surface area contributed by atoms with E-state index in [0.29, 0.717) is 34.3 Å². The largest absolute Gasteiger partial charge is 0.454 e. The molecular formula is C28H24ClN3O6. The number of Topliss-reactive ketones (excluding diaryl/α,β-unsaturated/α-hetero) is 1. The predicted molar refractivity (Wildman–Crippen MR) is 140 cm³/mol. The molecule has 9 nitrogen and oxygen atoms in total. The van der Waals surface area contributed by atoms with Crippen molar-refractivity contribution < 1.29 is 28.7 Å². The fourth-order valence-corrected chi connectivity index (χ4v) is 4.66. The van der Waals surface area contributed by atoms with Crippen LogP contribution in [0.1, 0.15) is 29.3 Å². The monoisotopic (exact) mass is 533 g/mol. The predicted octanol–water partition coefficient (Wildman–Crippen LogP) is 4.04. The molecule has 2 aliphatic rings. The minimum Gasteiger partial charge on any atom is -0.454 e. The van der Waals surface area contributed by atoms with E-state index in [1.165, 1.54) is 4.90 Å². The highest BCUT2D eigenvalue weighted by molar-refractivity contribution is 6.52. The molecule has 38 heavy (non-hydrogen) atoms. The smallest absolute Gasteiger partial charge is 0.299 e. The van der Waals surface area contributed by atoms with Crippen LogP contribution in [0, 0.1) is 0 Å². The molecule has 1 atom stereocenters. The van der Waals surface area contributed by atoms with Crippen molar-refractivity contribution in [1.82, 2.24) is 4.90 Å². The zero-order valence-electron chi connectivity index (χ0n) is 20.5. The standard InChI is InChI=1S/C28H24ClN3O6/c1-2-21(27(35)30-19-11-12-23-24(13-19)38-16-37-23)31(14-17-7-9-18(29)10-8-17)25(33)15-32-22-6-4-3-5-20(22)26(34)28(32)36/h3-13,21H,2,14-16H2,1H3,(H,30,35). The van der Waals surface area contributed by atoms with E-state index in [0.717, 1.165) is 10.5 Å². The zero-order valence-corrected chi connectivity index (χ0v) is 21.2. The summed E-state index contributed by atoms with van der Waals surface area (Å²) in [5.41, 5.74) is 1.87. The fourth-order valence-electron chi connectivity index (χ4n) is 4.54. The highest BCUT2D eigenvalue weighted by Gasteiger charge is 2.38. The van der Waals surface area contributed by atoms with Crippen molar-refractivity contribution in [3.05, 3.63) is 82.9 Å². The van der Waals surface area contributed by atoms with Crippen LogP contribution in [-0.2, 0) is 20.9 Å². The van der Waals surface area contributed by atoms with Crippen LogP contribution in [0.4, 0.5) is 11.4 Å². The summed E-state index contributed by atoms with van der Waals surface area (Å²) in [7, 11) is 0. The Morgan fingerprint density at radius 2 is 1.76 bits per heavy atom. The van der Waals surface area contributed by atoms with Gasteiger partial charge in [0, 0.05) is 23.3 Å². The van der Waals surface area contributed by atoms with Crippen LogP contribution in [0.3, 0.4) is 0 Å². The third-order valence-corrected chi connectivity index (χ3v) is 6.72. The van der Waals surface area contributed by atoms with Gasteiger partial charge in [0.15, 0.2) is 11.5 Å². The summed E-state index contributed by atoms with van der Waals surface area (Å²) in [4.78, 5) is 54.9. The minimum absolute atomic E-state index is 0.0979. The number of ether oxygens (including phenoxy) is 2. The van der Waals surface area contributed by atoms with Crippen LogP contribution in [0.5, 0.6) is 11.5 Å². The van der Waals surface area contributed by atoms with Gasteiger partial charge in [-0.15, -0.1) is 0 Å². The van der Waals surface area contributed by atoms with Gasteiger partial charge < -0.3 is 19.7 Å². The molecule has 2 aliphatic heterocycles. The highest BCUT2D eigenvalue weighted by Crippen LogP contribution is 2.34. The number of carbonyl (C=O) groups excluding carboxylic acids is 4. The number of ketones is 1. The molecule has 10 heteroatoms. The molecule has 0 saturated carbocycles. The normalized spacial score (nSPS) is 14.3. The van der Waals surface area contributed by atoms with Crippen LogP contribution in [0.15, 0.2) is 66.7 Å². The van der Waals surface area contributed by atoms with Crippen LogP contribution in [0.25, 0.3) is 0 Å². The Morgan fingerprint density at radius 3 is 2.53 bits per heavy atom. The molecule has 5 rings (SSSR count). The number of benzene rings is 3. The average molecular weight is 534 g/mol. The number of carbonyl (C=O) groups is 4. The van der Waals surface area contributed by atoms with Crippen molar-refractivity contribution in [3.8, 4) is 11.5 Å². The first-order valence-electron chi connectivity index (χ1n) is 12.1. The maximum absolute atomic E-state index is 13.7. The van der Waals surface area contributed by atoms with E-state index in [1.54, 1.807) is 73.7 Å². The Bertz CT molecular complexity index is 1420. The van der Waals surface area contributed by atoms with Gasteiger partial charge in [0.05, 0.1) is 11.3 Å². The highest BCUT2D eigenvalue weighted by atomic mass is 35.5. The summed E-state index contributed by atoms with van der Waals surface area (Å²) < 4.78 is 10.7. The molecule has 0 spiro atoms. The number of nitrogens with zero attached hydrogens (tertiary/aromatic N) is 2. The van der Waals surface area contributed by atoms with E-state index >= 15 is 0 Å². The Kier molecular flexibility index (Phi) is 7.02. The molecule has 1 N–H and O–H groups in total. The number of para-hydroxylation sites is 1. The third-order valence-electron chi connectivity index (χ3n) is 6.46. The minimum atomic E-state index is -0.868. The Labute approximate surface area is 223 Å². The van der Waals surface area contributed by atoms with Gasteiger partial charge in [-0.05, 0) is 48.4 Å². The first kappa shape index (κ1) is 25.3. The lowest BCUT2D eigenvalue weighted by Crippen LogP contribution is -2.50. The molecule has 0 radical (unpaired) electrons. The van der Waals surface area contributed by atoms with Crippen molar-refractivity contribution in [1.29, 1.82) is 0 Å². The molecule has 3 aromatic rings. The maximum atomic E-state index is 13.7. The second-order valence-corrected chi connectivity index (χ2v) is 9.30. The molecule has 1 unspecified atom stereocenters. The van der Waals surface area contributed by atoms with Crippen LogP contribution in [0.2, 0.25) is 5.02 Å². The fraction of sp³-hybridized carbons (Fsp3) is 0.214. The van der Waals surface area contributed by atoms with Crippen molar-refractivity contribution in [2.24, 2.45) is 0 Å². The topological polar surface area (TPSA) is 105 Å². The van der Waals surface area contributed by atoms with Crippen molar-refractivity contribution in [2.75, 3.05) is 23.6 Å². The van der Waals surface area contributed by atoms with Crippen LogP contribution >= 0.6 is 11.6 Å². The van der Waals surface area contributed by atoms with Gasteiger partial charge in [-0.1, -0.05) is 42.8 Å². The van der Waals surface area contributed by atoms with Crippen molar-refractivity contribution in [2.45, 2.75) is 25.9 Å². The summed E-state index contributed by atoms with van der Waals surface area (Å²) in [6, 6.07) is 17.7. The SMILES string of the molecule is CCC(C(=O)Nc1ccc2c(c1)OCO2)N(Cc1ccc(Cl)cc1)C(=O)CN1C(=O)C(=O)c2ccccc21. The lowest BCUT2D eigenvalue weighted by atomic mass is 10.1. The van der Waals surface area contributed by atoms with Gasteiger partial charge in [-0.25, -0.2) is 0 Å². The lowest BCUT2D eigenvalue weighted by molar-refractivity contribution is -0.138. The first-order chi connectivity index (χ1) is 18.4. The molecule has 3 amide bonds. The van der Waals surface area contributed by atoms with E-state index < -0.39 is 29.5 Å². The number of nitrogens with one attached hydrogen (secondary N) is 1. The first-order valence-corrected chi connectivity index (χ1v) is 12.4. The molecule has 194 valence electrons. The number of hydrogen-bond donors (Lipinski definition) is 1. The molecule has 3 aromatic carbocycles. The quantitative estimate of drug-likeness (QED) is 0.438. The van der Waals surface area contributed by atoms with E-state index in [4.69, 9.17) is 21.1 Å². The van der Waals surface area contributed by atoms with Crippen LogP contribution in [-0.4, -0.2) is 47.8 Å². The second-order valence-electron chi connectivity index (χ2n) is 8.87. The van der Waals surface area contributed by atoms with E-state index in [1.807, 2.05) is 0 Å². The number of fused-ring (bicyclic) bond motifs is 2. The van der Waals surface area contributed by atoms with E-state index in [-0.39, 0.29) is 25.4 Å². The third kappa shape index (κ3) is 4.92. The summed E-state index contributed by atoms with van der Waals surface area (Å²) in [6.07, 6.45) is 0.305. The summed E-state index contributed by atoms with van der Waals surface area (Å²) >= 11 is 6.03. The van der Waals surface area contributed by atoms with Gasteiger partial charge in [0.1, 0.15) is 12.6 Å². The van der Waals surface area contributed by atoms with E-state index in [9.17, 15) is 19.2 Å². The molecular weight excluding hydrogens is 510 g/mol. The molecule has 0 aromatic heterocycles. The summed E-state index contributed by atoms with van der Waals surface area (Å²) in [6.45, 7) is 1.62. The summed E-state index contributed by atoms with van der Waals surface area (Å²) in [5.74, 6) is -1.22. The van der Waals surface area contributed by atoms with Crippen molar-refractivity contribution in [3.63, 3.8) is 0 Å². The van der Waals surface area contributed by atoms with Gasteiger partial charge >= 0.3 is 0 Å². The van der Waals surface area contributed by atoms with Crippen LogP contribution < -0.4 is 19.7 Å². The number of rotatable bonds is 8. The van der Waals surface area contributed by atoms with Gasteiger partial charge in [0.2, 0.25) is 18.6 Å². The Morgan fingerprint density at radius 1 is 1.03 bits per heavy atom. The number of anilines is 2. The number of hydrogen-bond acceptors (Lipinski definition) is 6.